The van der Waals surface area contributed by atoms with Crippen LogP contribution < -0.4 is 4.74 Å². The lowest BCUT2D eigenvalue weighted by Crippen LogP contribution is -1.88. The molecule has 0 aliphatic carbocycles. The highest BCUT2D eigenvalue weighted by Gasteiger charge is 2.08. The summed E-state index contributed by atoms with van der Waals surface area (Å²) in [6.07, 6.45) is 0. The van der Waals surface area contributed by atoms with Gasteiger partial charge < -0.3 is 9.72 Å². The highest BCUT2D eigenvalue weighted by atomic mass is 127. The van der Waals surface area contributed by atoms with Crippen LogP contribution in [0.1, 0.15) is 0 Å². The summed E-state index contributed by atoms with van der Waals surface area (Å²) < 4.78 is 19.4. The van der Waals surface area contributed by atoms with E-state index in [1.807, 2.05) is 18.2 Å². The van der Waals surface area contributed by atoms with Gasteiger partial charge in [-0.15, -0.1) is 0 Å². The number of rotatable bonds is 2. The number of nitrogens with one attached hydrogen (secondary N) is 1. The summed E-state index contributed by atoms with van der Waals surface area (Å²) in [5.41, 5.74) is 2.39. The summed E-state index contributed by atoms with van der Waals surface area (Å²) in [4.78, 5) is 7.58. The Hall–Kier alpha value is -1.63. The maximum Gasteiger partial charge on any atom is 0.138 e. The van der Waals surface area contributed by atoms with Crippen molar-refractivity contribution in [1.82, 2.24) is 9.97 Å². The zero-order valence-corrected chi connectivity index (χ0v) is 12.2. The van der Waals surface area contributed by atoms with Gasteiger partial charge in [0.15, 0.2) is 0 Å². The SMILES string of the molecule is COc1ccc(-c2nc3ccc(F)cc3[nH]2)cc1I. The van der Waals surface area contributed by atoms with Crippen LogP contribution in [0, 0.1) is 9.39 Å². The van der Waals surface area contributed by atoms with Crippen molar-refractivity contribution in [3.63, 3.8) is 0 Å². The van der Waals surface area contributed by atoms with Crippen molar-refractivity contribution in [1.29, 1.82) is 0 Å². The van der Waals surface area contributed by atoms with Crippen LogP contribution in [0.4, 0.5) is 4.39 Å². The molecule has 0 fully saturated rings. The number of hydrogen-bond donors (Lipinski definition) is 1. The minimum Gasteiger partial charge on any atom is -0.496 e. The third kappa shape index (κ3) is 2.30. The first-order valence-corrected chi connectivity index (χ1v) is 6.74. The number of imidazole rings is 1. The topological polar surface area (TPSA) is 37.9 Å². The van der Waals surface area contributed by atoms with Crippen LogP contribution in [-0.2, 0) is 0 Å². The molecule has 0 radical (unpaired) electrons. The lowest BCUT2D eigenvalue weighted by atomic mass is 10.2. The van der Waals surface area contributed by atoms with Gasteiger partial charge in [0.1, 0.15) is 17.4 Å². The highest BCUT2D eigenvalue weighted by Crippen LogP contribution is 2.27. The predicted octanol–water partition coefficient (Wildman–Crippen LogP) is 3.98. The molecule has 2 aromatic carbocycles. The Morgan fingerprint density at radius 3 is 2.79 bits per heavy atom. The Bertz CT molecular complexity index is 754. The summed E-state index contributed by atoms with van der Waals surface area (Å²) in [5.74, 6) is 1.28. The third-order valence-corrected chi connectivity index (χ3v) is 3.71. The van der Waals surface area contributed by atoms with Crippen molar-refractivity contribution in [3.8, 4) is 17.1 Å². The number of aromatic amines is 1. The van der Waals surface area contributed by atoms with Crippen LogP contribution in [0.3, 0.4) is 0 Å². The van der Waals surface area contributed by atoms with Crippen molar-refractivity contribution in [2.45, 2.75) is 0 Å². The Labute approximate surface area is 123 Å². The van der Waals surface area contributed by atoms with Gasteiger partial charge in [-0.05, 0) is 59.0 Å². The number of ether oxygens (including phenoxy) is 1. The summed E-state index contributed by atoms with van der Waals surface area (Å²) in [6.45, 7) is 0. The van der Waals surface area contributed by atoms with Crippen molar-refractivity contribution in [2.75, 3.05) is 7.11 Å². The number of fused-ring (bicyclic) bond motifs is 1. The van der Waals surface area contributed by atoms with Crippen molar-refractivity contribution >= 4 is 33.6 Å². The second-order valence-electron chi connectivity index (χ2n) is 4.10. The number of aromatic nitrogens is 2. The van der Waals surface area contributed by atoms with Gasteiger partial charge in [0, 0.05) is 5.56 Å². The first-order valence-electron chi connectivity index (χ1n) is 5.66. The second kappa shape index (κ2) is 4.80. The Morgan fingerprint density at radius 2 is 2.05 bits per heavy atom. The first-order chi connectivity index (χ1) is 9.17. The summed E-state index contributed by atoms with van der Waals surface area (Å²) >= 11 is 2.21. The van der Waals surface area contributed by atoms with E-state index < -0.39 is 0 Å². The molecule has 96 valence electrons. The van der Waals surface area contributed by atoms with Crippen molar-refractivity contribution < 1.29 is 9.13 Å². The fourth-order valence-corrected chi connectivity index (χ4v) is 2.67. The first kappa shape index (κ1) is 12.4. The van der Waals surface area contributed by atoms with Gasteiger partial charge in [0.2, 0.25) is 0 Å². The van der Waals surface area contributed by atoms with Crippen LogP contribution in [0.25, 0.3) is 22.4 Å². The lowest BCUT2D eigenvalue weighted by Gasteiger charge is -2.04. The van der Waals surface area contributed by atoms with E-state index in [1.165, 1.54) is 12.1 Å². The van der Waals surface area contributed by atoms with Crippen LogP contribution in [0.2, 0.25) is 0 Å². The molecule has 0 saturated heterocycles. The molecule has 0 saturated carbocycles. The summed E-state index contributed by atoms with van der Waals surface area (Å²) in [5, 5.41) is 0. The highest BCUT2D eigenvalue weighted by molar-refractivity contribution is 14.1. The number of methoxy groups -OCH3 is 1. The fraction of sp³-hybridized carbons (Fsp3) is 0.0714. The third-order valence-electron chi connectivity index (χ3n) is 2.87. The normalized spacial score (nSPS) is 10.9. The zero-order chi connectivity index (χ0) is 13.4. The molecular weight excluding hydrogens is 358 g/mol. The van der Waals surface area contributed by atoms with Crippen molar-refractivity contribution in [2.24, 2.45) is 0 Å². The van der Waals surface area contributed by atoms with Gasteiger partial charge in [-0.1, -0.05) is 0 Å². The largest absolute Gasteiger partial charge is 0.496 e. The van der Waals surface area contributed by atoms with Crippen LogP contribution in [0.5, 0.6) is 5.75 Å². The maximum atomic E-state index is 13.1. The molecule has 0 atom stereocenters. The summed E-state index contributed by atoms with van der Waals surface area (Å²) in [7, 11) is 1.64. The maximum absolute atomic E-state index is 13.1. The minimum atomic E-state index is -0.271. The molecule has 0 unspecified atom stereocenters. The van der Waals surface area contributed by atoms with E-state index in [0.717, 1.165) is 26.2 Å². The van der Waals surface area contributed by atoms with E-state index >= 15 is 0 Å². The van der Waals surface area contributed by atoms with Crippen LogP contribution in [0.15, 0.2) is 36.4 Å². The quantitative estimate of drug-likeness (QED) is 0.695. The smallest absolute Gasteiger partial charge is 0.138 e. The molecule has 1 aromatic heterocycles. The van der Waals surface area contributed by atoms with Gasteiger partial charge in [0.05, 0.1) is 21.7 Å². The molecule has 0 aliphatic rings. The molecule has 0 spiro atoms. The zero-order valence-electron chi connectivity index (χ0n) is 10.1. The molecule has 0 aliphatic heterocycles. The number of benzene rings is 2. The van der Waals surface area contributed by atoms with E-state index in [9.17, 15) is 4.39 Å². The number of halogens is 2. The van der Waals surface area contributed by atoms with Crippen LogP contribution in [-0.4, -0.2) is 17.1 Å². The van der Waals surface area contributed by atoms with E-state index in [2.05, 4.69) is 32.6 Å². The Morgan fingerprint density at radius 1 is 1.21 bits per heavy atom. The lowest BCUT2D eigenvalue weighted by molar-refractivity contribution is 0.412. The van der Waals surface area contributed by atoms with Gasteiger partial charge in [-0.2, -0.15) is 0 Å². The number of nitrogens with zero attached hydrogens (tertiary/aromatic N) is 1. The standard InChI is InChI=1S/C14H10FIN2O/c1-19-13-5-2-8(6-10(13)16)14-17-11-4-3-9(15)7-12(11)18-14/h2-7H,1H3,(H,17,18). The molecule has 0 bridgehead atoms. The monoisotopic (exact) mass is 368 g/mol. The Kier molecular flexibility index (Phi) is 3.14. The molecule has 5 heteroatoms. The molecule has 3 aromatic rings. The van der Waals surface area contributed by atoms with E-state index in [0.29, 0.717) is 5.52 Å². The van der Waals surface area contributed by atoms with E-state index in [-0.39, 0.29) is 5.82 Å². The van der Waals surface area contributed by atoms with E-state index in [4.69, 9.17) is 4.74 Å². The molecule has 3 rings (SSSR count). The molecule has 1 heterocycles. The van der Waals surface area contributed by atoms with Gasteiger partial charge in [-0.3, -0.25) is 0 Å². The van der Waals surface area contributed by atoms with Gasteiger partial charge >= 0.3 is 0 Å². The molecule has 0 amide bonds. The predicted molar refractivity (Wildman–Crippen MR) is 80.8 cm³/mol. The molecule has 1 N–H and O–H groups in total. The van der Waals surface area contributed by atoms with E-state index in [1.54, 1.807) is 13.2 Å². The second-order valence-corrected chi connectivity index (χ2v) is 5.26. The van der Waals surface area contributed by atoms with Crippen molar-refractivity contribution in [3.05, 3.63) is 45.8 Å². The fourth-order valence-electron chi connectivity index (χ4n) is 1.93. The number of hydrogen-bond acceptors (Lipinski definition) is 2. The molecule has 19 heavy (non-hydrogen) atoms. The minimum absolute atomic E-state index is 0.271. The average molecular weight is 368 g/mol. The van der Waals surface area contributed by atoms with Gasteiger partial charge in [-0.25, -0.2) is 9.37 Å². The number of H-pyrrole nitrogens is 1. The molecular formula is C14H10FIN2O. The Balaban J connectivity index is 2.11. The molecule has 3 nitrogen and oxygen atoms in total. The van der Waals surface area contributed by atoms with Gasteiger partial charge in [0.25, 0.3) is 0 Å². The average Bonchev–Trinajstić information content (AvgIpc) is 2.81. The van der Waals surface area contributed by atoms with Crippen LogP contribution >= 0.6 is 22.6 Å². The summed E-state index contributed by atoms with van der Waals surface area (Å²) in [6, 6.07) is 10.3.